The van der Waals surface area contributed by atoms with E-state index >= 15 is 0 Å². The van der Waals surface area contributed by atoms with Gasteiger partial charge in [-0.1, -0.05) is 12.1 Å². The molecule has 1 atom stereocenters. The third-order valence-electron chi connectivity index (χ3n) is 3.43. The first kappa shape index (κ1) is 17.3. The van der Waals surface area contributed by atoms with E-state index in [0.29, 0.717) is 12.1 Å². The third-order valence-corrected chi connectivity index (χ3v) is 3.43. The van der Waals surface area contributed by atoms with Crippen LogP contribution in [0.2, 0.25) is 0 Å². The molecule has 3 amide bonds. The molecule has 0 aromatic heterocycles. The number of rotatable bonds is 3. The molecule has 1 aliphatic heterocycles. The van der Waals surface area contributed by atoms with Gasteiger partial charge < -0.3 is 21.3 Å². The van der Waals surface area contributed by atoms with E-state index in [0.717, 1.165) is 25.2 Å². The van der Waals surface area contributed by atoms with E-state index in [4.69, 9.17) is 5.73 Å². The van der Waals surface area contributed by atoms with Crippen molar-refractivity contribution >= 4 is 24.3 Å². The highest BCUT2D eigenvalue weighted by molar-refractivity contribution is 5.94. The summed E-state index contributed by atoms with van der Waals surface area (Å²) in [7, 11) is 0. The number of hydrogen-bond acceptors (Lipinski definition) is 3. The largest absolute Gasteiger partial charge is 0.352 e. The lowest BCUT2D eigenvalue weighted by Gasteiger charge is -2.34. The van der Waals surface area contributed by atoms with Crippen molar-refractivity contribution in [3.63, 3.8) is 0 Å². The van der Waals surface area contributed by atoms with Crippen molar-refractivity contribution in [3.8, 4) is 0 Å². The molecule has 1 aromatic carbocycles. The maximum absolute atomic E-state index is 12.4. The number of nitrogens with two attached hydrogens (primary N) is 1. The summed E-state index contributed by atoms with van der Waals surface area (Å²) in [5.41, 5.74) is 6.59. The zero-order chi connectivity index (χ0) is 14.5. The molecule has 1 unspecified atom stereocenters. The van der Waals surface area contributed by atoms with Gasteiger partial charge in [-0.15, -0.1) is 12.4 Å². The van der Waals surface area contributed by atoms with E-state index in [1.54, 1.807) is 12.1 Å². The molecule has 1 saturated heterocycles. The maximum Gasteiger partial charge on any atom is 0.312 e. The first-order chi connectivity index (χ1) is 9.58. The van der Waals surface area contributed by atoms with Crippen LogP contribution in [-0.2, 0) is 6.54 Å². The SMILES string of the molecule is CC1CNCCN1C(=O)c1ccc(CNC(N)=O)cc1.Cl. The van der Waals surface area contributed by atoms with E-state index in [-0.39, 0.29) is 24.4 Å². The van der Waals surface area contributed by atoms with Crippen molar-refractivity contribution in [2.45, 2.75) is 19.5 Å². The van der Waals surface area contributed by atoms with Gasteiger partial charge in [-0.3, -0.25) is 4.79 Å². The van der Waals surface area contributed by atoms with E-state index in [9.17, 15) is 9.59 Å². The van der Waals surface area contributed by atoms with E-state index in [1.165, 1.54) is 0 Å². The predicted molar refractivity (Wildman–Crippen MR) is 83.5 cm³/mol. The second-order valence-corrected chi connectivity index (χ2v) is 4.97. The minimum atomic E-state index is -0.556. The number of nitrogens with zero attached hydrogens (tertiary/aromatic N) is 1. The Labute approximate surface area is 130 Å². The Morgan fingerprint density at radius 2 is 2.05 bits per heavy atom. The van der Waals surface area contributed by atoms with Crippen LogP contribution >= 0.6 is 12.4 Å². The lowest BCUT2D eigenvalue weighted by Crippen LogP contribution is -2.52. The van der Waals surface area contributed by atoms with Gasteiger partial charge in [0.05, 0.1) is 0 Å². The van der Waals surface area contributed by atoms with Crippen molar-refractivity contribution in [3.05, 3.63) is 35.4 Å². The fourth-order valence-corrected chi connectivity index (χ4v) is 2.26. The zero-order valence-electron chi connectivity index (χ0n) is 12.0. The molecule has 1 aromatic rings. The van der Waals surface area contributed by atoms with Gasteiger partial charge in [-0.05, 0) is 24.6 Å². The van der Waals surface area contributed by atoms with Crippen molar-refractivity contribution in [2.24, 2.45) is 5.73 Å². The Balaban J connectivity index is 0.00000220. The molecule has 0 saturated carbocycles. The van der Waals surface area contributed by atoms with Crippen molar-refractivity contribution < 1.29 is 9.59 Å². The maximum atomic E-state index is 12.4. The Morgan fingerprint density at radius 1 is 1.38 bits per heavy atom. The summed E-state index contributed by atoms with van der Waals surface area (Å²) < 4.78 is 0. The summed E-state index contributed by atoms with van der Waals surface area (Å²) >= 11 is 0. The zero-order valence-corrected chi connectivity index (χ0v) is 12.8. The fraction of sp³-hybridized carbons (Fsp3) is 0.429. The average Bonchev–Trinajstić information content (AvgIpc) is 2.45. The van der Waals surface area contributed by atoms with Gasteiger partial charge in [0.2, 0.25) is 0 Å². The standard InChI is InChI=1S/C14H20N4O2.ClH/c1-10-8-16-6-7-18(10)13(19)12-4-2-11(3-5-12)9-17-14(15)20;/h2-5,10,16H,6-9H2,1H3,(H3,15,17,20);1H. The molecular formula is C14H21ClN4O2. The van der Waals surface area contributed by atoms with Gasteiger partial charge >= 0.3 is 6.03 Å². The molecular weight excluding hydrogens is 292 g/mol. The number of halogens is 1. The summed E-state index contributed by atoms with van der Waals surface area (Å²) in [6.45, 7) is 4.79. The van der Waals surface area contributed by atoms with Gasteiger partial charge in [0, 0.05) is 37.8 Å². The molecule has 7 heteroatoms. The molecule has 0 bridgehead atoms. The molecule has 0 spiro atoms. The summed E-state index contributed by atoms with van der Waals surface area (Å²) in [4.78, 5) is 24.9. The Hall–Kier alpha value is -1.79. The molecule has 1 aliphatic rings. The van der Waals surface area contributed by atoms with Crippen LogP contribution in [0.15, 0.2) is 24.3 Å². The first-order valence-corrected chi connectivity index (χ1v) is 6.72. The molecule has 1 fully saturated rings. The topological polar surface area (TPSA) is 87.5 Å². The number of piperazine rings is 1. The number of benzene rings is 1. The van der Waals surface area contributed by atoms with Crippen molar-refractivity contribution in [2.75, 3.05) is 19.6 Å². The van der Waals surface area contributed by atoms with Crippen LogP contribution in [0.4, 0.5) is 4.79 Å². The van der Waals surface area contributed by atoms with Gasteiger partial charge in [0.15, 0.2) is 0 Å². The summed E-state index contributed by atoms with van der Waals surface area (Å²) in [5.74, 6) is 0.0495. The highest BCUT2D eigenvalue weighted by atomic mass is 35.5. The number of primary amides is 1. The number of hydrogen-bond donors (Lipinski definition) is 3. The quantitative estimate of drug-likeness (QED) is 0.768. The highest BCUT2D eigenvalue weighted by Gasteiger charge is 2.23. The monoisotopic (exact) mass is 312 g/mol. The van der Waals surface area contributed by atoms with E-state index in [1.807, 2.05) is 24.0 Å². The second kappa shape index (κ2) is 7.85. The Morgan fingerprint density at radius 3 is 2.62 bits per heavy atom. The molecule has 4 N–H and O–H groups in total. The van der Waals surface area contributed by atoms with Gasteiger partial charge in [-0.25, -0.2) is 4.79 Å². The molecule has 6 nitrogen and oxygen atoms in total. The molecule has 116 valence electrons. The van der Waals surface area contributed by atoms with Crippen molar-refractivity contribution in [1.82, 2.24) is 15.5 Å². The molecule has 2 rings (SSSR count). The normalized spacial score (nSPS) is 17.8. The number of urea groups is 1. The van der Waals surface area contributed by atoms with Crippen LogP contribution in [0, 0.1) is 0 Å². The number of amides is 3. The van der Waals surface area contributed by atoms with Gasteiger partial charge in [0.1, 0.15) is 0 Å². The highest BCUT2D eigenvalue weighted by Crippen LogP contribution is 2.11. The molecule has 21 heavy (non-hydrogen) atoms. The number of carbonyl (C=O) groups excluding carboxylic acids is 2. The van der Waals surface area contributed by atoms with Gasteiger partial charge in [-0.2, -0.15) is 0 Å². The Kier molecular flexibility index (Phi) is 6.45. The Bertz CT molecular complexity index is 492. The summed E-state index contributed by atoms with van der Waals surface area (Å²) in [6.07, 6.45) is 0. The van der Waals surface area contributed by atoms with E-state index < -0.39 is 6.03 Å². The number of carbonyl (C=O) groups is 2. The van der Waals surface area contributed by atoms with Crippen LogP contribution in [0.25, 0.3) is 0 Å². The minimum absolute atomic E-state index is 0. The molecule has 0 aliphatic carbocycles. The first-order valence-electron chi connectivity index (χ1n) is 6.72. The third kappa shape index (κ3) is 4.61. The smallest absolute Gasteiger partial charge is 0.312 e. The van der Waals surface area contributed by atoms with Crippen LogP contribution in [0.1, 0.15) is 22.8 Å². The van der Waals surface area contributed by atoms with Gasteiger partial charge in [0.25, 0.3) is 5.91 Å². The lowest BCUT2D eigenvalue weighted by molar-refractivity contribution is 0.0655. The summed E-state index contributed by atoms with van der Waals surface area (Å²) in [5, 5.41) is 5.78. The summed E-state index contributed by atoms with van der Waals surface area (Å²) in [6, 6.07) is 6.88. The van der Waals surface area contributed by atoms with Crippen LogP contribution in [0.5, 0.6) is 0 Å². The van der Waals surface area contributed by atoms with Crippen LogP contribution < -0.4 is 16.4 Å². The second-order valence-electron chi connectivity index (χ2n) is 4.97. The molecule has 0 radical (unpaired) electrons. The predicted octanol–water partition coefficient (Wildman–Crippen LogP) is 0.711. The minimum Gasteiger partial charge on any atom is -0.352 e. The average molecular weight is 313 g/mol. The van der Waals surface area contributed by atoms with Crippen LogP contribution in [-0.4, -0.2) is 42.5 Å². The van der Waals surface area contributed by atoms with Crippen LogP contribution in [0.3, 0.4) is 0 Å². The van der Waals surface area contributed by atoms with Crippen molar-refractivity contribution in [1.29, 1.82) is 0 Å². The van der Waals surface area contributed by atoms with E-state index in [2.05, 4.69) is 10.6 Å². The molecule has 1 heterocycles. The number of nitrogens with one attached hydrogen (secondary N) is 2. The lowest BCUT2D eigenvalue weighted by atomic mass is 10.1. The fourth-order valence-electron chi connectivity index (χ4n) is 2.26.